The Kier molecular flexibility index (Phi) is 34.1. The van der Waals surface area contributed by atoms with Crippen molar-refractivity contribution in [3.8, 4) is 0 Å². The Morgan fingerprint density at radius 3 is 1.55 bits per heavy atom. The summed E-state index contributed by atoms with van der Waals surface area (Å²) in [4.78, 5) is 25.2. The van der Waals surface area contributed by atoms with Crippen LogP contribution in [0.2, 0.25) is 0 Å². The van der Waals surface area contributed by atoms with Gasteiger partial charge in [0.15, 0.2) is 12.4 Å². The van der Waals surface area contributed by atoms with Gasteiger partial charge in [-0.15, -0.1) is 0 Å². The van der Waals surface area contributed by atoms with Crippen LogP contribution >= 0.6 is 0 Å². The molecule has 56 heavy (non-hydrogen) atoms. The molecule has 0 aromatic carbocycles. The number of allylic oxidation sites excluding steroid dienone is 8. The minimum atomic E-state index is -1.60. The van der Waals surface area contributed by atoms with Gasteiger partial charge in [-0.25, -0.2) is 0 Å². The molecule has 6 atom stereocenters. The number of aliphatic hydroxyl groups excluding tert-OH is 4. The average molecular weight is 793 g/mol. The van der Waals surface area contributed by atoms with Crippen LogP contribution in [-0.2, 0) is 28.5 Å². The normalized spacial score (nSPS) is 20.9. The highest BCUT2D eigenvalue weighted by Gasteiger charge is 2.44. The van der Waals surface area contributed by atoms with Gasteiger partial charge in [0, 0.05) is 12.8 Å². The first-order valence-electron chi connectivity index (χ1n) is 22.2. The van der Waals surface area contributed by atoms with Gasteiger partial charge in [-0.05, 0) is 51.4 Å². The first-order chi connectivity index (χ1) is 27.3. The molecule has 1 saturated heterocycles. The molecule has 1 aliphatic rings. The number of esters is 2. The molecule has 4 N–H and O–H groups in total. The number of carbonyl (C=O) groups excluding carboxylic acids is 2. The maximum absolute atomic E-state index is 12.7. The van der Waals surface area contributed by atoms with Crippen LogP contribution in [0.3, 0.4) is 0 Å². The molecule has 1 heterocycles. The minimum absolute atomic E-state index is 0.154. The van der Waals surface area contributed by atoms with Gasteiger partial charge in [0.25, 0.3) is 0 Å². The number of aliphatic hydroxyl groups is 4. The number of hydrogen-bond acceptors (Lipinski definition) is 10. The quantitative estimate of drug-likeness (QED) is 0.0275. The second-order valence-electron chi connectivity index (χ2n) is 15.2. The third-order valence-corrected chi connectivity index (χ3v) is 9.97. The lowest BCUT2D eigenvalue weighted by Crippen LogP contribution is -2.59. The average Bonchev–Trinajstić information content (AvgIpc) is 3.19. The molecule has 1 rings (SSSR count). The molecule has 0 aliphatic carbocycles. The molecule has 324 valence electrons. The standard InChI is InChI=1S/C46H80O10/c1-3-5-7-9-11-13-15-16-17-18-19-20-21-22-23-24-25-27-29-31-33-35-42(49)55-39(38-54-46-45(52)44(51)43(50)40(36-47)56-46)37-53-41(48)34-32-30-28-26-14-12-10-8-6-4-2/h17-18,20-21,23-24,27,29,39-40,43-47,50-52H,3-16,19,22,25-26,28,30-38H2,1-2H3/b18-17+,21-20+,24-23+,29-27+/t39-,40-,43+,44?,45?,46-/m1/s1. The molecule has 0 saturated carbocycles. The molecular weight excluding hydrogens is 712 g/mol. The highest BCUT2D eigenvalue weighted by atomic mass is 16.7. The van der Waals surface area contributed by atoms with E-state index in [1.807, 2.05) is 6.08 Å². The molecule has 10 nitrogen and oxygen atoms in total. The fraction of sp³-hybridized carbons (Fsp3) is 0.783. The van der Waals surface area contributed by atoms with Crippen molar-refractivity contribution < 1.29 is 49.0 Å². The van der Waals surface area contributed by atoms with Crippen molar-refractivity contribution in [3.63, 3.8) is 0 Å². The van der Waals surface area contributed by atoms with E-state index in [0.29, 0.717) is 12.8 Å². The third kappa shape index (κ3) is 28.1. The summed E-state index contributed by atoms with van der Waals surface area (Å²) < 4.78 is 22.0. The highest BCUT2D eigenvalue weighted by Crippen LogP contribution is 2.22. The van der Waals surface area contributed by atoms with E-state index in [1.54, 1.807) is 0 Å². The van der Waals surface area contributed by atoms with Crippen molar-refractivity contribution in [3.05, 3.63) is 48.6 Å². The smallest absolute Gasteiger partial charge is 0.306 e. The number of unbranched alkanes of at least 4 members (excludes halogenated alkanes) is 17. The molecule has 0 aromatic rings. The fourth-order valence-corrected chi connectivity index (χ4v) is 6.42. The van der Waals surface area contributed by atoms with E-state index in [0.717, 1.165) is 44.9 Å². The highest BCUT2D eigenvalue weighted by molar-refractivity contribution is 5.70. The lowest BCUT2D eigenvalue weighted by atomic mass is 9.99. The van der Waals surface area contributed by atoms with Crippen LogP contribution in [0.1, 0.15) is 174 Å². The van der Waals surface area contributed by atoms with E-state index in [4.69, 9.17) is 18.9 Å². The zero-order valence-electron chi connectivity index (χ0n) is 35.1. The van der Waals surface area contributed by atoms with E-state index in [2.05, 4.69) is 56.4 Å². The predicted molar refractivity (Wildman–Crippen MR) is 224 cm³/mol. The lowest BCUT2D eigenvalue weighted by Gasteiger charge is -2.39. The van der Waals surface area contributed by atoms with Crippen LogP contribution in [0.5, 0.6) is 0 Å². The van der Waals surface area contributed by atoms with Crippen LogP contribution < -0.4 is 0 Å². The first kappa shape index (κ1) is 51.7. The summed E-state index contributed by atoms with van der Waals surface area (Å²) in [6.45, 7) is 3.34. The van der Waals surface area contributed by atoms with Gasteiger partial charge in [-0.2, -0.15) is 0 Å². The molecule has 10 heteroatoms. The Hall–Kier alpha value is -2.34. The topological polar surface area (TPSA) is 152 Å². The van der Waals surface area contributed by atoms with Gasteiger partial charge < -0.3 is 39.4 Å². The third-order valence-electron chi connectivity index (χ3n) is 9.97. The Bertz CT molecular complexity index is 1050. The summed E-state index contributed by atoms with van der Waals surface area (Å²) in [6, 6.07) is 0. The maximum atomic E-state index is 12.7. The van der Waals surface area contributed by atoms with Gasteiger partial charge in [-0.3, -0.25) is 9.59 Å². The molecule has 0 radical (unpaired) electrons. The Morgan fingerprint density at radius 1 is 0.554 bits per heavy atom. The zero-order chi connectivity index (χ0) is 40.9. The first-order valence-corrected chi connectivity index (χ1v) is 22.2. The molecule has 0 amide bonds. The molecular formula is C46H80O10. The van der Waals surface area contributed by atoms with Crippen LogP contribution in [0, 0.1) is 0 Å². The molecule has 1 aliphatic heterocycles. The monoisotopic (exact) mass is 793 g/mol. The summed E-state index contributed by atoms with van der Waals surface area (Å²) in [5.41, 5.74) is 0. The Morgan fingerprint density at radius 2 is 1.02 bits per heavy atom. The molecule has 2 unspecified atom stereocenters. The van der Waals surface area contributed by atoms with Crippen molar-refractivity contribution >= 4 is 11.9 Å². The lowest BCUT2D eigenvalue weighted by molar-refractivity contribution is -0.305. The van der Waals surface area contributed by atoms with E-state index >= 15 is 0 Å². The maximum Gasteiger partial charge on any atom is 0.306 e. The summed E-state index contributed by atoms with van der Waals surface area (Å²) in [7, 11) is 0. The van der Waals surface area contributed by atoms with Crippen molar-refractivity contribution in [2.45, 2.75) is 211 Å². The van der Waals surface area contributed by atoms with Gasteiger partial charge >= 0.3 is 11.9 Å². The SMILES string of the molecule is CCCCCCCCC/C=C/C/C=C/C/C=C/C/C=C/CCCC(=O)O[C@H](COC(=O)CCCCCCCCCCCC)CO[C@@H]1O[C@H](CO)[C@H](O)C(O)C1O. The molecule has 0 aromatic heterocycles. The van der Waals surface area contributed by atoms with Crippen molar-refractivity contribution in [1.82, 2.24) is 0 Å². The van der Waals surface area contributed by atoms with E-state index in [-0.39, 0.29) is 26.1 Å². The van der Waals surface area contributed by atoms with Gasteiger partial charge in [0.2, 0.25) is 0 Å². The van der Waals surface area contributed by atoms with Crippen molar-refractivity contribution in [1.29, 1.82) is 0 Å². The number of carbonyl (C=O) groups is 2. The molecule has 1 fully saturated rings. The van der Waals surface area contributed by atoms with Crippen LogP contribution in [0.15, 0.2) is 48.6 Å². The minimum Gasteiger partial charge on any atom is -0.462 e. The van der Waals surface area contributed by atoms with Crippen molar-refractivity contribution in [2.24, 2.45) is 0 Å². The van der Waals surface area contributed by atoms with E-state index in [9.17, 15) is 30.0 Å². The Balaban J connectivity index is 2.37. The largest absolute Gasteiger partial charge is 0.462 e. The van der Waals surface area contributed by atoms with E-state index < -0.39 is 55.4 Å². The Labute approximate surface area is 339 Å². The van der Waals surface area contributed by atoms with Crippen molar-refractivity contribution in [2.75, 3.05) is 19.8 Å². The van der Waals surface area contributed by atoms with Gasteiger partial charge in [-0.1, -0.05) is 159 Å². The molecule has 0 bridgehead atoms. The predicted octanol–water partition coefficient (Wildman–Crippen LogP) is 9.27. The second-order valence-corrected chi connectivity index (χ2v) is 15.2. The summed E-state index contributed by atoms with van der Waals surface area (Å²) >= 11 is 0. The van der Waals surface area contributed by atoms with Gasteiger partial charge in [0.05, 0.1) is 13.2 Å². The van der Waals surface area contributed by atoms with Crippen LogP contribution in [0.25, 0.3) is 0 Å². The number of hydrogen-bond donors (Lipinski definition) is 4. The summed E-state index contributed by atoms with van der Waals surface area (Å²) in [5, 5.41) is 40.0. The fourth-order valence-electron chi connectivity index (χ4n) is 6.42. The zero-order valence-corrected chi connectivity index (χ0v) is 35.1. The second kappa shape index (κ2) is 37.0. The van der Waals surface area contributed by atoms with E-state index in [1.165, 1.54) is 89.9 Å². The summed E-state index contributed by atoms with van der Waals surface area (Å²) in [6.07, 6.45) is 35.6. The van der Waals surface area contributed by atoms with Gasteiger partial charge in [0.1, 0.15) is 31.0 Å². The van der Waals surface area contributed by atoms with Crippen LogP contribution in [-0.4, -0.2) is 89.0 Å². The number of ether oxygens (including phenoxy) is 4. The van der Waals surface area contributed by atoms with Crippen LogP contribution in [0.4, 0.5) is 0 Å². The molecule has 0 spiro atoms. The number of rotatable bonds is 36. The summed E-state index contributed by atoms with van der Waals surface area (Å²) in [5.74, 6) is -0.874.